The van der Waals surface area contributed by atoms with Gasteiger partial charge in [0.05, 0.1) is 10.0 Å². The second-order valence-corrected chi connectivity index (χ2v) is 25.2. The molecular formula is C70H73Cl2N11O17. The number of carbonyl (C=O) groups excluding carboxylic acids is 7. The van der Waals surface area contributed by atoms with Crippen LogP contribution in [-0.4, -0.2) is 151 Å². The molecule has 0 unspecified atom stereocenters. The van der Waals surface area contributed by atoms with Gasteiger partial charge in [0.1, 0.15) is 88.6 Å². The van der Waals surface area contributed by atoms with E-state index in [2.05, 4.69) is 60.9 Å². The van der Waals surface area contributed by atoms with Crippen molar-refractivity contribution in [1.29, 1.82) is 0 Å². The lowest BCUT2D eigenvalue weighted by Crippen LogP contribution is -2.56. The third-order valence-electron chi connectivity index (χ3n) is 17.7. The highest BCUT2D eigenvalue weighted by atomic mass is 35.5. The van der Waals surface area contributed by atoms with Crippen molar-refractivity contribution < 1.29 is 83.5 Å². The molecule has 28 nitrogen and oxygen atoms in total. The van der Waals surface area contributed by atoms with Gasteiger partial charge >= 0.3 is 0 Å². The number of aromatic hydroxyl groups is 6. The smallest absolute Gasteiger partial charge is 0.248 e. The third kappa shape index (κ3) is 15.5. The molecule has 0 aromatic heterocycles. The maximum absolute atomic E-state index is 16.0. The van der Waals surface area contributed by atoms with Crippen LogP contribution in [0.25, 0.3) is 11.1 Å². The fraction of sp³-hybridized carbons (Fsp3) is 0.300. The molecule has 0 radical (unpaired) electrons. The summed E-state index contributed by atoms with van der Waals surface area (Å²) in [7, 11) is 0. The Balaban J connectivity index is 1.06. The number of benzene rings is 7. The summed E-state index contributed by atoms with van der Waals surface area (Å²) in [6.45, 7) is 9.03. The zero-order valence-electron chi connectivity index (χ0n) is 53.9. The molecule has 6 heterocycles. The van der Waals surface area contributed by atoms with E-state index in [1.807, 2.05) is 0 Å². The SMILES string of the molecule is CCN(CC)CCN(CCCN)CCCNC(=O)[C@H]1NC(=O)[C@H]2NC(=O)[C@H](NC(=O)[C@@H]3NC(=O)[C@H]4NC(=O)[C@@H](Cc5ccc(c(Cl)c5)Oc5cc3cc(c5O)Oc3ccc(cc3Cl)[C@H]2O)NC(=O)[C@H](N)c2ccc(O)c(c2)Oc2cc(O)cc4c2)c2ccc(O)c(c2)-c2c(O)cc(O)cc21. The second kappa shape index (κ2) is 30.3. The lowest BCUT2D eigenvalue weighted by Gasteiger charge is -2.31. The number of phenolic OH excluding ortho intramolecular Hbond substituents is 6. The van der Waals surface area contributed by atoms with E-state index in [-0.39, 0.29) is 90.5 Å². The number of fused-ring (bicyclic) bond motifs is 14. The summed E-state index contributed by atoms with van der Waals surface area (Å²) in [6.07, 6.45) is -1.32. The first-order valence-electron chi connectivity index (χ1n) is 32.1. The molecule has 7 aromatic rings. The number of aliphatic hydroxyl groups excluding tert-OH is 1. The average molecular weight is 1410 g/mol. The van der Waals surface area contributed by atoms with E-state index in [9.17, 15) is 45.3 Å². The predicted molar refractivity (Wildman–Crippen MR) is 363 cm³/mol. The highest BCUT2D eigenvalue weighted by molar-refractivity contribution is 6.32. The van der Waals surface area contributed by atoms with Crippen molar-refractivity contribution >= 4 is 64.6 Å². The lowest BCUT2D eigenvalue weighted by molar-refractivity contribution is -0.137. The van der Waals surface area contributed by atoms with Crippen LogP contribution in [0, 0.1) is 0 Å². The van der Waals surface area contributed by atoms with E-state index in [1.165, 1.54) is 72.8 Å². The average Bonchev–Trinajstić information content (AvgIpc) is 0.768. The number of halogens is 2. The first-order valence-corrected chi connectivity index (χ1v) is 32.9. The number of hydrogen-bond donors (Lipinski definition) is 16. The van der Waals surface area contributed by atoms with Crippen LogP contribution in [0.5, 0.6) is 69.0 Å². The van der Waals surface area contributed by atoms with Gasteiger partial charge in [-0.25, -0.2) is 0 Å². The topological polar surface area (TPSA) is 432 Å². The number of ether oxygens (including phenoxy) is 3. The van der Waals surface area contributed by atoms with Crippen molar-refractivity contribution in [2.45, 2.75) is 81.5 Å². The molecule has 6 aliphatic rings. The molecule has 0 saturated heterocycles. The normalized spacial score (nSPS) is 20.6. The minimum absolute atomic E-state index is 0.0328. The molecule has 6 aliphatic heterocycles. The molecule has 0 spiro atoms. The minimum Gasteiger partial charge on any atom is -0.508 e. The van der Waals surface area contributed by atoms with Crippen molar-refractivity contribution in [1.82, 2.24) is 47.0 Å². The van der Waals surface area contributed by atoms with Crippen LogP contribution in [0.3, 0.4) is 0 Å². The minimum atomic E-state index is -2.16. The Hall–Kier alpha value is -10.6. The Kier molecular flexibility index (Phi) is 21.4. The molecule has 524 valence electrons. The van der Waals surface area contributed by atoms with Gasteiger partial charge in [-0.3, -0.25) is 33.6 Å². The number of nitrogens with two attached hydrogens (primary N) is 2. The van der Waals surface area contributed by atoms with Crippen molar-refractivity contribution in [3.8, 4) is 80.1 Å². The van der Waals surface area contributed by atoms with E-state index in [0.717, 1.165) is 62.1 Å². The Morgan fingerprint density at radius 2 is 1.13 bits per heavy atom. The molecule has 0 fully saturated rings. The molecule has 7 aromatic carbocycles. The van der Waals surface area contributed by atoms with E-state index in [1.54, 1.807) is 0 Å². The van der Waals surface area contributed by atoms with Gasteiger partial charge in [-0.05, 0) is 163 Å². The Morgan fingerprint density at radius 1 is 0.540 bits per heavy atom. The van der Waals surface area contributed by atoms with Crippen molar-refractivity contribution in [2.24, 2.45) is 11.5 Å². The van der Waals surface area contributed by atoms with Gasteiger partial charge in [0.15, 0.2) is 23.0 Å². The van der Waals surface area contributed by atoms with Crippen molar-refractivity contribution in [2.75, 3.05) is 52.4 Å². The standard InChI is InChI=1S/C70H73Cl2N11O17/c1-3-82(4-2)19-20-83(17-5-15-73)18-6-16-75-66(93)60-43-31-40(85)32-49(88)55(43)42-25-35(9-11-47(42)86)57-67(94)81-61(70(97)80-60)62(89)36-10-14-51(45(72)26-36)100-54-29-38-28-53(63(54)90)99-50-13-7-33(21-44(50)71)22-46-64(91)77-58(68(95)79-59(38)69(96)78-57)37-23-39(84)30-41(24-37)98-52-27-34(8-12-48(52)87)56(74)65(92)76-46/h7-14,21,23-32,46,56-62,84-90H,3-6,15-20,22,73-74H2,1-2H3,(H,75,93)(H,76,92)(H,77,91)(H,78,96)(H,79,95)(H,80,97)(H,81,94)/t46-,56-,57-,58+,59-,60+,61+,62-/m1/s1. The summed E-state index contributed by atoms with van der Waals surface area (Å²) in [5.41, 5.74) is 10.9. The number of aliphatic hydroxyl groups is 1. The number of nitrogens with one attached hydrogen (secondary N) is 7. The van der Waals surface area contributed by atoms with Crippen LogP contribution in [0.15, 0.2) is 115 Å². The number of nitrogens with zero attached hydrogens (tertiary/aromatic N) is 2. The highest BCUT2D eigenvalue weighted by Gasteiger charge is 2.41. The van der Waals surface area contributed by atoms with E-state index in [4.69, 9.17) is 48.9 Å². The molecule has 17 bridgehead atoms. The van der Waals surface area contributed by atoms with Gasteiger partial charge in [0.25, 0.3) is 0 Å². The first-order chi connectivity index (χ1) is 47.9. The maximum Gasteiger partial charge on any atom is 0.248 e. The molecular weight excluding hydrogens is 1340 g/mol. The number of carbonyl (C=O) groups is 7. The quantitative estimate of drug-likeness (QED) is 0.0643. The monoisotopic (exact) mass is 1410 g/mol. The van der Waals surface area contributed by atoms with Gasteiger partial charge in [-0.2, -0.15) is 0 Å². The van der Waals surface area contributed by atoms with Crippen LogP contribution < -0.4 is 62.9 Å². The van der Waals surface area contributed by atoms with Gasteiger partial charge < -0.3 is 108 Å². The van der Waals surface area contributed by atoms with E-state index in [0.29, 0.717) is 44.6 Å². The zero-order chi connectivity index (χ0) is 71.4. The molecule has 13 rings (SSSR count). The van der Waals surface area contributed by atoms with Crippen molar-refractivity contribution in [3.05, 3.63) is 164 Å². The second-order valence-electron chi connectivity index (χ2n) is 24.4. The predicted octanol–water partition coefficient (Wildman–Crippen LogP) is 5.40. The van der Waals surface area contributed by atoms with Crippen LogP contribution in [0.2, 0.25) is 10.0 Å². The molecule has 100 heavy (non-hydrogen) atoms. The van der Waals surface area contributed by atoms with Gasteiger partial charge in [-0.1, -0.05) is 61.3 Å². The highest BCUT2D eigenvalue weighted by Crippen LogP contribution is 2.48. The van der Waals surface area contributed by atoms with Crippen LogP contribution in [-0.2, 0) is 40.0 Å². The van der Waals surface area contributed by atoms with Crippen LogP contribution >= 0.6 is 23.2 Å². The lowest BCUT2D eigenvalue weighted by atomic mass is 9.89. The summed E-state index contributed by atoms with van der Waals surface area (Å²) in [6, 6.07) is 9.43. The number of likely N-dealkylation sites (N-methyl/N-ethyl adjacent to an activating group) is 1. The first kappa shape index (κ1) is 70.7. The summed E-state index contributed by atoms with van der Waals surface area (Å²) >= 11 is 13.9. The summed E-state index contributed by atoms with van der Waals surface area (Å²) < 4.78 is 18.6. The summed E-state index contributed by atoms with van der Waals surface area (Å²) in [4.78, 5) is 111. The Labute approximate surface area is 582 Å². The third-order valence-corrected chi connectivity index (χ3v) is 18.3. The largest absolute Gasteiger partial charge is 0.508 e. The summed E-state index contributed by atoms with van der Waals surface area (Å²) in [5, 5.41) is 100. The van der Waals surface area contributed by atoms with Crippen LogP contribution in [0.4, 0.5) is 0 Å². The van der Waals surface area contributed by atoms with Crippen molar-refractivity contribution in [3.63, 3.8) is 0 Å². The fourth-order valence-corrected chi connectivity index (χ4v) is 12.8. The zero-order valence-corrected chi connectivity index (χ0v) is 55.4. The number of phenols is 6. The van der Waals surface area contributed by atoms with E-state index < -0.39 is 136 Å². The Morgan fingerprint density at radius 3 is 1.81 bits per heavy atom. The van der Waals surface area contributed by atoms with E-state index >= 15 is 24.0 Å². The number of hydrogen-bond acceptors (Lipinski definition) is 21. The molecule has 0 saturated carbocycles. The Bertz CT molecular complexity index is 4370. The maximum atomic E-state index is 16.0. The van der Waals surface area contributed by atoms with Crippen LogP contribution in [0.1, 0.15) is 102 Å². The molecule has 7 amide bonds. The van der Waals surface area contributed by atoms with Gasteiger partial charge in [0, 0.05) is 49.3 Å². The molecule has 18 N–H and O–H groups in total. The fourth-order valence-electron chi connectivity index (χ4n) is 12.3. The molecule has 0 aliphatic carbocycles. The summed E-state index contributed by atoms with van der Waals surface area (Å²) in [5.74, 6) is -13.4. The molecule has 8 atom stereocenters. The molecule has 30 heteroatoms. The van der Waals surface area contributed by atoms with Gasteiger partial charge in [0.2, 0.25) is 47.1 Å². The van der Waals surface area contributed by atoms with Gasteiger partial charge in [-0.15, -0.1) is 0 Å². The number of amides is 7. The number of rotatable bonds is 13.